The minimum atomic E-state index is -0.158. The lowest BCUT2D eigenvalue weighted by Gasteiger charge is -2.25. The molecule has 1 amide bonds. The van der Waals surface area contributed by atoms with Gasteiger partial charge in [-0.15, -0.1) is 0 Å². The summed E-state index contributed by atoms with van der Waals surface area (Å²) in [4.78, 5) is 14.1. The van der Waals surface area contributed by atoms with E-state index in [1.807, 2.05) is 29.2 Å². The van der Waals surface area contributed by atoms with Crippen molar-refractivity contribution in [2.24, 2.45) is 5.10 Å². The van der Waals surface area contributed by atoms with Crippen molar-refractivity contribution in [3.05, 3.63) is 57.6 Å². The van der Waals surface area contributed by atoms with Gasteiger partial charge in [0.2, 0.25) is 0 Å². The van der Waals surface area contributed by atoms with Crippen LogP contribution in [-0.2, 0) is 16.1 Å². The molecule has 1 fully saturated rings. The van der Waals surface area contributed by atoms with E-state index in [-0.39, 0.29) is 5.91 Å². The summed E-state index contributed by atoms with van der Waals surface area (Å²) in [7, 11) is 1.59. The number of rotatable bonds is 8. The van der Waals surface area contributed by atoms with Gasteiger partial charge in [-0.1, -0.05) is 29.8 Å². The number of ether oxygens (including phenoxy) is 3. The van der Waals surface area contributed by atoms with Gasteiger partial charge in [0.1, 0.15) is 6.61 Å². The summed E-state index contributed by atoms with van der Waals surface area (Å²) in [6.45, 7) is 5.61. The maximum Gasteiger partial charge on any atom is 0.254 e. The van der Waals surface area contributed by atoms with E-state index in [9.17, 15) is 4.79 Å². The molecule has 1 aliphatic heterocycles. The third-order valence-corrected chi connectivity index (χ3v) is 5.31. The molecule has 0 bridgehead atoms. The van der Waals surface area contributed by atoms with Gasteiger partial charge >= 0.3 is 0 Å². The van der Waals surface area contributed by atoms with Crippen molar-refractivity contribution in [2.45, 2.75) is 13.5 Å². The Labute approximate surface area is 185 Å². The Morgan fingerprint density at radius 2 is 2.07 bits per heavy atom. The van der Waals surface area contributed by atoms with E-state index < -0.39 is 0 Å². The number of carbonyl (C=O) groups is 1. The van der Waals surface area contributed by atoms with Crippen LogP contribution in [0.3, 0.4) is 0 Å². The molecule has 2 aromatic carbocycles. The average molecular weight is 476 g/mol. The predicted octanol–water partition coefficient (Wildman–Crippen LogP) is 3.13. The van der Waals surface area contributed by atoms with Crippen LogP contribution in [0.1, 0.15) is 16.7 Å². The zero-order chi connectivity index (χ0) is 21.3. The van der Waals surface area contributed by atoms with Crippen molar-refractivity contribution < 1.29 is 19.0 Å². The van der Waals surface area contributed by atoms with Crippen molar-refractivity contribution >= 4 is 28.1 Å². The largest absolute Gasteiger partial charge is 0.493 e. The Hall–Kier alpha value is -2.42. The number of morpholine rings is 1. The molecule has 0 aromatic heterocycles. The first-order valence-corrected chi connectivity index (χ1v) is 10.5. The summed E-state index contributed by atoms with van der Waals surface area (Å²) in [5.74, 6) is 1.06. The second-order valence-electron chi connectivity index (χ2n) is 6.98. The molecule has 2 aromatic rings. The lowest BCUT2D eigenvalue weighted by Crippen LogP contribution is -2.42. The van der Waals surface area contributed by atoms with Crippen LogP contribution in [0.15, 0.2) is 46.0 Å². The maximum absolute atomic E-state index is 12.0. The van der Waals surface area contributed by atoms with Crippen LogP contribution in [0.2, 0.25) is 0 Å². The fourth-order valence-electron chi connectivity index (χ4n) is 3.06. The highest BCUT2D eigenvalue weighted by Gasteiger charge is 2.14. The minimum Gasteiger partial charge on any atom is -0.493 e. The van der Waals surface area contributed by atoms with Gasteiger partial charge in [-0.25, -0.2) is 5.43 Å². The van der Waals surface area contributed by atoms with E-state index in [2.05, 4.69) is 45.5 Å². The van der Waals surface area contributed by atoms with E-state index in [1.54, 1.807) is 13.3 Å². The van der Waals surface area contributed by atoms with Crippen LogP contribution in [-0.4, -0.2) is 57.0 Å². The Balaban J connectivity index is 1.59. The fourth-order valence-corrected chi connectivity index (χ4v) is 3.48. The normalized spacial score (nSPS) is 14.6. The number of hydrogen-bond donors (Lipinski definition) is 1. The Morgan fingerprint density at radius 3 is 2.80 bits per heavy atom. The minimum absolute atomic E-state index is 0.158. The molecule has 0 spiro atoms. The highest BCUT2D eigenvalue weighted by Crippen LogP contribution is 2.33. The first-order chi connectivity index (χ1) is 14.5. The molecular weight excluding hydrogens is 450 g/mol. The smallest absolute Gasteiger partial charge is 0.254 e. The highest BCUT2D eigenvalue weighted by atomic mass is 79.9. The van der Waals surface area contributed by atoms with E-state index in [4.69, 9.17) is 14.2 Å². The number of hydrazone groups is 1. The van der Waals surface area contributed by atoms with Gasteiger partial charge in [0.05, 0.1) is 33.1 Å². The molecule has 7 nitrogen and oxygen atoms in total. The molecule has 0 saturated carbocycles. The number of aryl methyl sites for hydroxylation is 1. The van der Waals surface area contributed by atoms with E-state index in [1.165, 1.54) is 5.56 Å². The van der Waals surface area contributed by atoms with Crippen LogP contribution >= 0.6 is 15.9 Å². The summed E-state index contributed by atoms with van der Waals surface area (Å²) in [6.07, 6.45) is 1.58. The van der Waals surface area contributed by atoms with Crippen molar-refractivity contribution in [3.63, 3.8) is 0 Å². The Kier molecular flexibility index (Phi) is 8.24. The van der Waals surface area contributed by atoms with Crippen LogP contribution in [0, 0.1) is 6.92 Å². The molecule has 1 heterocycles. The molecule has 160 valence electrons. The topological polar surface area (TPSA) is 72.4 Å². The Bertz CT molecular complexity index is 898. The van der Waals surface area contributed by atoms with Gasteiger partial charge in [-0.05, 0) is 40.5 Å². The van der Waals surface area contributed by atoms with Crippen LogP contribution in [0.4, 0.5) is 0 Å². The van der Waals surface area contributed by atoms with Gasteiger partial charge in [0, 0.05) is 23.1 Å². The number of halogens is 1. The molecule has 0 radical (unpaired) electrons. The standard InChI is InChI=1S/C22H26BrN3O4/c1-16-4-3-5-17(10-16)15-30-21-12-19(23)18(11-20(21)28-2)13-24-25-22(27)14-26-6-8-29-9-7-26/h3-5,10-13H,6-9,14-15H2,1-2H3,(H,25,27)/b24-13+. The monoisotopic (exact) mass is 475 g/mol. The zero-order valence-electron chi connectivity index (χ0n) is 17.2. The first-order valence-electron chi connectivity index (χ1n) is 9.73. The molecular formula is C22H26BrN3O4. The molecule has 0 unspecified atom stereocenters. The van der Waals surface area contributed by atoms with E-state index in [0.29, 0.717) is 37.9 Å². The number of methoxy groups -OCH3 is 1. The third-order valence-electron chi connectivity index (χ3n) is 4.62. The van der Waals surface area contributed by atoms with Crippen molar-refractivity contribution in [3.8, 4) is 11.5 Å². The predicted molar refractivity (Wildman–Crippen MR) is 119 cm³/mol. The average Bonchev–Trinajstić information content (AvgIpc) is 2.74. The summed E-state index contributed by atoms with van der Waals surface area (Å²) in [5.41, 5.74) is 5.60. The molecule has 1 N–H and O–H groups in total. The van der Waals surface area contributed by atoms with Crippen molar-refractivity contribution in [1.29, 1.82) is 0 Å². The number of carbonyl (C=O) groups excluding carboxylic acids is 1. The van der Waals surface area contributed by atoms with Gasteiger partial charge in [-0.2, -0.15) is 5.10 Å². The number of nitrogens with zero attached hydrogens (tertiary/aromatic N) is 2. The maximum atomic E-state index is 12.0. The van der Waals surface area contributed by atoms with Crippen LogP contribution in [0.5, 0.6) is 11.5 Å². The molecule has 0 atom stereocenters. The SMILES string of the molecule is COc1cc(/C=N/NC(=O)CN2CCOCC2)c(Br)cc1OCc1cccc(C)c1. The second kappa shape index (κ2) is 11.1. The van der Waals surface area contributed by atoms with E-state index in [0.717, 1.165) is 28.7 Å². The zero-order valence-corrected chi connectivity index (χ0v) is 18.8. The fraction of sp³-hybridized carbons (Fsp3) is 0.364. The highest BCUT2D eigenvalue weighted by molar-refractivity contribution is 9.10. The van der Waals surface area contributed by atoms with Crippen LogP contribution < -0.4 is 14.9 Å². The molecule has 8 heteroatoms. The Morgan fingerprint density at radius 1 is 1.27 bits per heavy atom. The summed E-state index contributed by atoms with van der Waals surface area (Å²) in [5, 5.41) is 4.07. The summed E-state index contributed by atoms with van der Waals surface area (Å²) < 4.78 is 17.5. The van der Waals surface area contributed by atoms with Gasteiger partial charge in [-0.3, -0.25) is 9.69 Å². The number of amides is 1. The van der Waals surface area contributed by atoms with Crippen LogP contribution in [0.25, 0.3) is 0 Å². The van der Waals surface area contributed by atoms with Crippen molar-refractivity contribution in [1.82, 2.24) is 10.3 Å². The molecule has 0 aliphatic carbocycles. The van der Waals surface area contributed by atoms with E-state index >= 15 is 0 Å². The third kappa shape index (κ3) is 6.55. The lowest BCUT2D eigenvalue weighted by atomic mass is 10.1. The molecule has 30 heavy (non-hydrogen) atoms. The molecule has 3 rings (SSSR count). The lowest BCUT2D eigenvalue weighted by molar-refractivity contribution is -0.123. The second-order valence-corrected chi connectivity index (χ2v) is 7.84. The van der Waals surface area contributed by atoms with Gasteiger partial charge in [0.25, 0.3) is 5.91 Å². The number of benzene rings is 2. The van der Waals surface area contributed by atoms with Gasteiger partial charge < -0.3 is 14.2 Å². The molecule has 1 aliphatic rings. The quantitative estimate of drug-likeness (QED) is 0.468. The number of hydrogen-bond acceptors (Lipinski definition) is 6. The van der Waals surface area contributed by atoms with Crippen molar-refractivity contribution in [2.75, 3.05) is 40.0 Å². The number of nitrogens with one attached hydrogen (secondary N) is 1. The molecule has 1 saturated heterocycles. The van der Waals surface area contributed by atoms with Gasteiger partial charge in [0.15, 0.2) is 11.5 Å². The summed E-state index contributed by atoms with van der Waals surface area (Å²) >= 11 is 3.53. The summed E-state index contributed by atoms with van der Waals surface area (Å²) in [6, 6.07) is 11.8. The first kappa shape index (κ1) is 22.3.